The van der Waals surface area contributed by atoms with Crippen molar-refractivity contribution in [1.82, 2.24) is 5.32 Å². The van der Waals surface area contributed by atoms with Crippen LogP contribution in [0.5, 0.6) is 0 Å². The Balaban J connectivity index is 1.86. The van der Waals surface area contributed by atoms with Crippen molar-refractivity contribution in [2.24, 2.45) is 0 Å². The monoisotopic (exact) mass is 298 g/mol. The Morgan fingerprint density at radius 3 is 2.41 bits per heavy atom. The van der Waals surface area contributed by atoms with E-state index in [1.54, 1.807) is 13.0 Å². The summed E-state index contributed by atoms with van der Waals surface area (Å²) in [5.41, 5.74) is 3.26. The fourth-order valence-electron chi connectivity index (χ4n) is 2.90. The lowest BCUT2D eigenvalue weighted by Gasteiger charge is -2.41. The van der Waals surface area contributed by atoms with Crippen molar-refractivity contribution in [2.45, 2.75) is 24.9 Å². The van der Waals surface area contributed by atoms with Gasteiger partial charge in [0.25, 0.3) is 0 Å². The van der Waals surface area contributed by atoms with Gasteiger partial charge in [0.1, 0.15) is 18.5 Å². The number of nitrogens with one attached hydrogen (secondary N) is 1. The van der Waals surface area contributed by atoms with Gasteiger partial charge in [0, 0.05) is 12.0 Å². The van der Waals surface area contributed by atoms with Crippen molar-refractivity contribution in [1.29, 1.82) is 5.26 Å². The van der Waals surface area contributed by atoms with E-state index in [0.29, 0.717) is 5.56 Å². The Kier molecular flexibility index (Phi) is 3.91. The summed E-state index contributed by atoms with van der Waals surface area (Å²) < 4.78 is 26.5. The summed E-state index contributed by atoms with van der Waals surface area (Å²) in [6.07, 6.45) is 0. The smallest absolute Gasteiger partial charge is 0.126 e. The zero-order valence-corrected chi connectivity index (χ0v) is 12.2. The lowest BCUT2D eigenvalue weighted by atomic mass is 9.78. The summed E-state index contributed by atoms with van der Waals surface area (Å²) in [7, 11) is 0. The number of benzene rings is 2. The molecule has 2 aromatic rings. The summed E-state index contributed by atoms with van der Waals surface area (Å²) in [6, 6.07) is 14.2. The van der Waals surface area contributed by atoms with E-state index in [-0.39, 0.29) is 23.8 Å². The van der Waals surface area contributed by atoms with E-state index in [4.69, 9.17) is 5.26 Å². The molecule has 2 nitrogen and oxygen atoms in total. The normalized spacial score (nSPS) is 23.6. The Bertz CT molecular complexity index is 719. The summed E-state index contributed by atoms with van der Waals surface area (Å²) >= 11 is 0. The van der Waals surface area contributed by atoms with Crippen LogP contribution in [0.1, 0.15) is 17.0 Å². The van der Waals surface area contributed by atoms with E-state index in [1.807, 2.05) is 30.3 Å². The molecule has 1 N–H and O–H groups in total. The number of halogens is 2. The second kappa shape index (κ2) is 5.86. The minimum atomic E-state index is -0.492. The number of rotatable bonds is 3. The van der Waals surface area contributed by atoms with Crippen molar-refractivity contribution in [3.63, 3.8) is 0 Å². The maximum Gasteiger partial charge on any atom is 0.126 e. The third-order valence-corrected chi connectivity index (χ3v) is 4.29. The second-order valence-electron chi connectivity index (χ2n) is 5.65. The first kappa shape index (κ1) is 14.7. The molecule has 0 amide bonds. The van der Waals surface area contributed by atoms with Crippen LogP contribution in [-0.2, 0) is 0 Å². The van der Waals surface area contributed by atoms with Gasteiger partial charge in [-0.3, -0.25) is 5.32 Å². The van der Waals surface area contributed by atoms with Crippen molar-refractivity contribution in [3.8, 4) is 17.2 Å². The standard InChI is InChI=1S/C18H16F2N2/c1-11-2-3-14(8-15(11)20)12-4-6-13(7-5-12)18-16(9-19)22-17(18)10-21/h2-8,16-18,22H,9H2,1H3/t16-,17-,18-/m0/s1. The number of aryl methyl sites for hydroxylation is 1. The molecular formula is C18H16F2N2. The quantitative estimate of drug-likeness (QED) is 0.937. The van der Waals surface area contributed by atoms with Crippen molar-refractivity contribution in [3.05, 3.63) is 59.4 Å². The fraction of sp³-hybridized carbons (Fsp3) is 0.278. The van der Waals surface area contributed by atoms with Gasteiger partial charge in [-0.15, -0.1) is 0 Å². The van der Waals surface area contributed by atoms with Crippen molar-refractivity contribution < 1.29 is 8.78 Å². The molecule has 3 atom stereocenters. The van der Waals surface area contributed by atoms with Crippen molar-refractivity contribution in [2.75, 3.05) is 6.67 Å². The van der Waals surface area contributed by atoms with E-state index in [1.165, 1.54) is 6.07 Å². The third kappa shape index (κ3) is 2.49. The number of alkyl halides is 1. The molecular weight excluding hydrogens is 282 g/mol. The van der Waals surface area contributed by atoms with Gasteiger partial charge < -0.3 is 0 Å². The van der Waals surface area contributed by atoms with Crippen LogP contribution in [0.3, 0.4) is 0 Å². The highest BCUT2D eigenvalue weighted by molar-refractivity contribution is 5.64. The summed E-state index contributed by atoms with van der Waals surface area (Å²) in [4.78, 5) is 0. The van der Waals surface area contributed by atoms with Gasteiger partial charge in [-0.25, -0.2) is 8.78 Å². The molecule has 0 saturated carbocycles. The highest BCUT2D eigenvalue weighted by atomic mass is 19.1. The fourth-order valence-corrected chi connectivity index (χ4v) is 2.90. The van der Waals surface area contributed by atoms with Crippen LogP contribution in [0.25, 0.3) is 11.1 Å². The molecule has 1 aliphatic rings. The van der Waals surface area contributed by atoms with Gasteiger partial charge in [0.05, 0.1) is 6.07 Å². The van der Waals surface area contributed by atoms with Crippen LogP contribution in [-0.4, -0.2) is 18.8 Å². The lowest BCUT2D eigenvalue weighted by molar-refractivity contribution is 0.210. The highest BCUT2D eigenvalue weighted by Gasteiger charge is 2.41. The van der Waals surface area contributed by atoms with Gasteiger partial charge in [-0.05, 0) is 35.2 Å². The summed E-state index contributed by atoms with van der Waals surface area (Å²) in [5.74, 6) is -0.356. The van der Waals surface area contributed by atoms with E-state index in [2.05, 4.69) is 11.4 Å². The van der Waals surface area contributed by atoms with Crippen LogP contribution in [0, 0.1) is 24.1 Å². The topological polar surface area (TPSA) is 35.8 Å². The Morgan fingerprint density at radius 2 is 1.82 bits per heavy atom. The molecule has 1 heterocycles. The summed E-state index contributed by atoms with van der Waals surface area (Å²) in [6.45, 7) is 1.23. The van der Waals surface area contributed by atoms with E-state index < -0.39 is 6.67 Å². The average Bonchev–Trinajstić information content (AvgIpc) is 2.51. The molecule has 0 unspecified atom stereocenters. The Hall–Kier alpha value is -2.25. The van der Waals surface area contributed by atoms with Crippen LogP contribution in [0.2, 0.25) is 0 Å². The zero-order chi connectivity index (χ0) is 15.7. The molecule has 0 aliphatic carbocycles. The lowest BCUT2D eigenvalue weighted by Crippen LogP contribution is -2.59. The first-order chi connectivity index (χ1) is 10.6. The average molecular weight is 298 g/mol. The Morgan fingerprint density at radius 1 is 1.14 bits per heavy atom. The van der Waals surface area contributed by atoms with Crippen LogP contribution in [0.15, 0.2) is 42.5 Å². The molecule has 1 saturated heterocycles. The number of nitriles is 1. The molecule has 1 aliphatic heterocycles. The minimum absolute atomic E-state index is 0.126. The Labute approximate surface area is 128 Å². The van der Waals surface area contributed by atoms with Gasteiger partial charge in [0.2, 0.25) is 0 Å². The van der Waals surface area contributed by atoms with Crippen LogP contribution >= 0.6 is 0 Å². The molecule has 2 aromatic carbocycles. The predicted molar refractivity (Wildman–Crippen MR) is 81.6 cm³/mol. The van der Waals surface area contributed by atoms with E-state index in [0.717, 1.165) is 16.7 Å². The molecule has 0 aromatic heterocycles. The molecule has 3 rings (SSSR count). The largest absolute Gasteiger partial charge is 0.295 e. The zero-order valence-electron chi connectivity index (χ0n) is 12.2. The van der Waals surface area contributed by atoms with Gasteiger partial charge in [-0.1, -0.05) is 36.4 Å². The van der Waals surface area contributed by atoms with Crippen LogP contribution in [0.4, 0.5) is 8.78 Å². The van der Waals surface area contributed by atoms with Crippen LogP contribution < -0.4 is 5.32 Å². The molecule has 112 valence electrons. The molecule has 22 heavy (non-hydrogen) atoms. The maximum absolute atomic E-state index is 13.6. The number of hydrogen-bond acceptors (Lipinski definition) is 2. The second-order valence-corrected chi connectivity index (χ2v) is 5.65. The van der Waals surface area contributed by atoms with Crippen molar-refractivity contribution >= 4 is 0 Å². The van der Waals surface area contributed by atoms with Gasteiger partial charge >= 0.3 is 0 Å². The number of nitrogens with zero attached hydrogens (tertiary/aromatic N) is 1. The van der Waals surface area contributed by atoms with Gasteiger partial charge in [-0.2, -0.15) is 5.26 Å². The predicted octanol–water partition coefficient (Wildman–Crippen LogP) is 3.72. The SMILES string of the molecule is Cc1ccc(-c2ccc([C@@H]3[C@H](C#N)N[C@H]3CF)cc2)cc1F. The molecule has 0 radical (unpaired) electrons. The highest BCUT2D eigenvalue weighted by Crippen LogP contribution is 2.33. The third-order valence-electron chi connectivity index (χ3n) is 4.29. The molecule has 4 heteroatoms. The van der Waals surface area contributed by atoms with E-state index in [9.17, 15) is 8.78 Å². The van der Waals surface area contributed by atoms with E-state index >= 15 is 0 Å². The number of hydrogen-bond donors (Lipinski definition) is 1. The summed E-state index contributed by atoms with van der Waals surface area (Å²) in [5, 5.41) is 11.9. The molecule has 0 spiro atoms. The first-order valence-electron chi connectivity index (χ1n) is 7.22. The van der Waals surface area contributed by atoms with Gasteiger partial charge in [0.15, 0.2) is 0 Å². The maximum atomic E-state index is 13.6. The minimum Gasteiger partial charge on any atom is -0.295 e. The molecule has 0 bridgehead atoms. The molecule has 1 fully saturated rings. The first-order valence-corrected chi connectivity index (χ1v) is 7.22.